The number of hydrogen-bond acceptors (Lipinski definition) is 2. The normalized spacial score (nSPS) is 12.7. The van der Waals surface area contributed by atoms with Crippen LogP contribution in [0.2, 0.25) is 0 Å². The second kappa shape index (κ2) is 5.66. The number of hydrogen-bond donors (Lipinski definition) is 1. The maximum absolute atomic E-state index is 9.07. The number of benzene rings is 1. The van der Waals surface area contributed by atoms with Gasteiger partial charge in [0.2, 0.25) is 0 Å². The molecule has 0 aromatic heterocycles. The van der Waals surface area contributed by atoms with E-state index in [1.54, 1.807) is 12.1 Å². The summed E-state index contributed by atoms with van der Waals surface area (Å²) in [7, 11) is 0. The van der Waals surface area contributed by atoms with Crippen molar-refractivity contribution >= 4 is 0 Å². The Labute approximate surface area is 85.5 Å². The van der Waals surface area contributed by atoms with Gasteiger partial charge in [-0.15, -0.1) is 0 Å². The van der Waals surface area contributed by atoms with Crippen LogP contribution < -0.4 is 0 Å². The van der Waals surface area contributed by atoms with Crippen molar-refractivity contribution in [2.45, 2.75) is 26.9 Å². The van der Waals surface area contributed by atoms with Gasteiger partial charge in [-0.2, -0.15) is 0 Å². The Morgan fingerprint density at radius 3 is 2.50 bits per heavy atom. The van der Waals surface area contributed by atoms with Gasteiger partial charge >= 0.3 is 0 Å². The highest BCUT2D eigenvalue weighted by molar-refractivity contribution is 5.25. The van der Waals surface area contributed by atoms with Crippen molar-refractivity contribution in [1.82, 2.24) is 0 Å². The lowest BCUT2D eigenvalue weighted by Gasteiger charge is -2.09. The largest absolute Gasteiger partial charge is 0.508 e. The predicted octanol–water partition coefficient (Wildman–Crippen LogP) is 2.95. The van der Waals surface area contributed by atoms with E-state index in [1.165, 1.54) is 0 Å². The fourth-order valence-corrected chi connectivity index (χ4v) is 1.09. The third kappa shape index (κ3) is 3.79. The van der Waals surface area contributed by atoms with Crippen molar-refractivity contribution in [2.75, 3.05) is 6.61 Å². The lowest BCUT2D eigenvalue weighted by molar-refractivity contribution is 0.0910. The summed E-state index contributed by atoms with van der Waals surface area (Å²) >= 11 is 0. The van der Waals surface area contributed by atoms with Gasteiger partial charge < -0.3 is 9.84 Å². The van der Waals surface area contributed by atoms with Gasteiger partial charge in [0.25, 0.3) is 0 Å². The van der Waals surface area contributed by atoms with Crippen LogP contribution in [0.15, 0.2) is 24.3 Å². The topological polar surface area (TPSA) is 29.5 Å². The van der Waals surface area contributed by atoms with Crippen LogP contribution in [0.25, 0.3) is 0 Å². The molecule has 0 amide bonds. The second-order valence-corrected chi connectivity index (χ2v) is 3.69. The Hall–Kier alpha value is -1.02. The standard InChI is InChI=1S/C12H18O2/c1-3-10(2)8-14-9-11-4-6-12(13)7-5-11/h4-7,10,13H,3,8-9H2,1-2H3. The zero-order valence-electron chi connectivity index (χ0n) is 8.86. The molecule has 1 N–H and O–H groups in total. The minimum absolute atomic E-state index is 0.302. The van der Waals surface area contributed by atoms with Gasteiger partial charge in [0.1, 0.15) is 5.75 Å². The number of rotatable bonds is 5. The summed E-state index contributed by atoms with van der Waals surface area (Å²) in [6, 6.07) is 7.13. The summed E-state index contributed by atoms with van der Waals surface area (Å²) in [5, 5.41) is 9.07. The van der Waals surface area contributed by atoms with Crippen LogP contribution in [0.4, 0.5) is 0 Å². The van der Waals surface area contributed by atoms with Gasteiger partial charge in [0, 0.05) is 6.61 Å². The number of ether oxygens (including phenoxy) is 1. The van der Waals surface area contributed by atoms with Gasteiger partial charge in [-0.25, -0.2) is 0 Å². The molecule has 0 radical (unpaired) electrons. The van der Waals surface area contributed by atoms with E-state index in [9.17, 15) is 0 Å². The number of aromatic hydroxyl groups is 1. The molecule has 2 nitrogen and oxygen atoms in total. The van der Waals surface area contributed by atoms with Crippen LogP contribution in [-0.2, 0) is 11.3 Å². The molecule has 1 unspecified atom stereocenters. The Morgan fingerprint density at radius 2 is 1.93 bits per heavy atom. The zero-order valence-corrected chi connectivity index (χ0v) is 8.86. The molecule has 0 fully saturated rings. The Morgan fingerprint density at radius 1 is 1.29 bits per heavy atom. The van der Waals surface area contributed by atoms with Crippen LogP contribution >= 0.6 is 0 Å². The minimum atomic E-state index is 0.302. The molecule has 0 aliphatic rings. The van der Waals surface area contributed by atoms with E-state index in [2.05, 4.69) is 13.8 Å². The first kappa shape index (κ1) is 11.1. The highest BCUT2D eigenvalue weighted by Crippen LogP contribution is 2.11. The molecule has 1 atom stereocenters. The molecule has 0 saturated carbocycles. The van der Waals surface area contributed by atoms with E-state index in [-0.39, 0.29) is 0 Å². The lowest BCUT2D eigenvalue weighted by atomic mass is 10.1. The van der Waals surface area contributed by atoms with E-state index < -0.39 is 0 Å². The second-order valence-electron chi connectivity index (χ2n) is 3.69. The molecule has 0 saturated heterocycles. The van der Waals surface area contributed by atoms with Crippen LogP contribution in [0.3, 0.4) is 0 Å². The minimum Gasteiger partial charge on any atom is -0.508 e. The highest BCUT2D eigenvalue weighted by Gasteiger charge is 1.99. The Bertz CT molecular complexity index is 254. The van der Waals surface area contributed by atoms with Crippen molar-refractivity contribution in [3.8, 4) is 5.75 Å². The first-order valence-electron chi connectivity index (χ1n) is 5.08. The third-order valence-corrected chi connectivity index (χ3v) is 2.30. The van der Waals surface area contributed by atoms with Gasteiger partial charge in [-0.1, -0.05) is 32.4 Å². The lowest BCUT2D eigenvalue weighted by Crippen LogP contribution is -2.04. The molecule has 78 valence electrons. The van der Waals surface area contributed by atoms with Crippen LogP contribution in [-0.4, -0.2) is 11.7 Å². The van der Waals surface area contributed by atoms with E-state index in [0.717, 1.165) is 18.6 Å². The van der Waals surface area contributed by atoms with Crippen molar-refractivity contribution in [3.05, 3.63) is 29.8 Å². The van der Waals surface area contributed by atoms with Gasteiger partial charge in [-0.3, -0.25) is 0 Å². The van der Waals surface area contributed by atoms with Crippen molar-refractivity contribution < 1.29 is 9.84 Å². The molecule has 1 aromatic rings. The first-order chi connectivity index (χ1) is 6.72. The van der Waals surface area contributed by atoms with E-state index in [0.29, 0.717) is 18.3 Å². The Kier molecular flexibility index (Phi) is 4.47. The molecule has 14 heavy (non-hydrogen) atoms. The molecular weight excluding hydrogens is 176 g/mol. The molecular formula is C12H18O2. The van der Waals surface area contributed by atoms with Crippen molar-refractivity contribution in [3.63, 3.8) is 0 Å². The van der Waals surface area contributed by atoms with Gasteiger partial charge in [0.15, 0.2) is 0 Å². The molecule has 0 aliphatic carbocycles. The molecule has 1 rings (SSSR count). The zero-order chi connectivity index (χ0) is 10.4. The summed E-state index contributed by atoms with van der Waals surface area (Å²) in [6.45, 7) is 5.77. The Balaban J connectivity index is 2.28. The van der Waals surface area contributed by atoms with Gasteiger partial charge in [-0.05, 0) is 23.6 Å². The fraction of sp³-hybridized carbons (Fsp3) is 0.500. The summed E-state index contributed by atoms with van der Waals surface area (Å²) in [5.74, 6) is 0.919. The van der Waals surface area contributed by atoms with E-state index >= 15 is 0 Å². The van der Waals surface area contributed by atoms with Crippen LogP contribution in [0.1, 0.15) is 25.8 Å². The molecule has 1 aromatic carbocycles. The van der Waals surface area contributed by atoms with E-state index in [4.69, 9.17) is 9.84 Å². The summed E-state index contributed by atoms with van der Waals surface area (Å²) in [6.07, 6.45) is 1.15. The highest BCUT2D eigenvalue weighted by atomic mass is 16.5. The molecule has 0 heterocycles. The van der Waals surface area contributed by atoms with Crippen LogP contribution in [0.5, 0.6) is 5.75 Å². The maximum Gasteiger partial charge on any atom is 0.115 e. The monoisotopic (exact) mass is 194 g/mol. The molecule has 0 bridgehead atoms. The quantitative estimate of drug-likeness (QED) is 0.780. The van der Waals surface area contributed by atoms with Crippen molar-refractivity contribution in [1.29, 1.82) is 0 Å². The number of phenols is 1. The average molecular weight is 194 g/mol. The first-order valence-corrected chi connectivity index (χ1v) is 5.08. The molecule has 0 spiro atoms. The van der Waals surface area contributed by atoms with Crippen molar-refractivity contribution in [2.24, 2.45) is 5.92 Å². The fourth-order valence-electron chi connectivity index (χ4n) is 1.09. The van der Waals surface area contributed by atoms with Crippen LogP contribution in [0, 0.1) is 5.92 Å². The summed E-state index contributed by atoms with van der Waals surface area (Å²) in [5.41, 5.74) is 1.10. The smallest absolute Gasteiger partial charge is 0.115 e. The third-order valence-electron chi connectivity index (χ3n) is 2.30. The number of phenolic OH excluding ortho intramolecular Hbond substituents is 1. The van der Waals surface area contributed by atoms with Gasteiger partial charge in [0.05, 0.1) is 6.61 Å². The summed E-state index contributed by atoms with van der Waals surface area (Å²) < 4.78 is 5.53. The molecule has 2 heteroatoms. The van der Waals surface area contributed by atoms with E-state index in [1.807, 2.05) is 12.1 Å². The predicted molar refractivity (Wildman–Crippen MR) is 57.2 cm³/mol. The molecule has 0 aliphatic heterocycles. The maximum atomic E-state index is 9.07. The average Bonchev–Trinajstić information content (AvgIpc) is 2.21. The summed E-state index contributed by atoms with van der Waals surface area (Å²) in [4.78, 5) is 0. The SMILES string of the molecule is CCC(C)COCc1ccc(O)cc1.